The SMILES string of the molecule is CCC(=O)Nc1cccc(NC(=O)CCCc2ccccc2)c1. The number of aryl methyl sites for hydroxylation is 1. The molecule has 4 heteroatoms. The van der Waals surface area contributed by atoms with E-state index < -0.39 is 0 Å². The number of carbonyl (C=O) groups excluding carboxylic acids is 2. The molecule has 2 aromatic carbocycles. The summed E-state index contributed by atoms with van der Waals surface area (Å²) >= 11 is 0. The Kier molecular flexibility index (Phi) is 6.36. The Labute approximate surface area is 136 Å². The lowest BCUT2D eigenvalue weighted by molar-refractivity contribution is -0.116. The van der Waals surface area contributed by atoms with E-state index in [9.17, 15) is 9.59 Å². The minimum Gasteiger partial charge on any atom is -0.326 e. The third-order valence-electron chi connectivity index (χ3n) is 3.46. The predicted octanol–water partition coefficient (Wildman–Crippen LogP) is 4.00. The van der Waals surface area contributed by atoms with Crippen LogP contribution in [0.15, 0.2) is 54.6 Å². The molecule has 2 N–H and O–H groups in total. The van der Waals surface area contributed by atoms with Crippen molar-refractivity contribution in [3.63, 3.8) is 0 Å². The van der Waals surface area contributed by atoms with Crippen LogP contribution in [-0.2, 0) is 16.0 Å². The second-order valence-corrected chi connectivity index (χ2v) is 5.37. The second kappa shape index (κ2) is 8.73. The molecule has 2 rings (SSSR count). The number of amides is 2. The number of hydrogen-bond donors (Lipinski definition) is 2. The van der Waals surface area contributed by atoms with Gasteiger partial charge >= 0.3 is 0 Å². The number of benzene rings is 2. The van der Waals surface area contributed by atoms with E-state index >= 15 is 0 Å². The van der Waals surface area contributed by atoms with Crippen LogP contribution in [0.4, 0.5) is 11.4 Å². The molecule has 4 nitrogen and oxygen atoms in total. The summed E-state index contributed by atoms with van der Waals surface area (Å²) in [6.07, 6.45) is 2.60. The van der Waals surface area contributed by atoms with Gasteiger partial charge in [0.1, 0.15) is 0 Å². The van der Waals surface area contributed by atoms with Gasteiger partial charge in [-0.3, -0.25) is 9.59 Å². The van der Waals surface area contributed by atoms with Gasteiger partial charge in [-0.25, -0.2) is 0 Å². The monoisotopic (exact) mass is 310 g/mol. The molecule has 0 aliphatic carbocycles. The van der Waals surface area contributed by atoms with Crippen molar-refractivity contribution in [2.75, 3.05) is 10.6 Å². The summed E-state index contributed by atoms with van der Waals surface area (Å²) < 4.78 is 0. The average molecular weight is 310 g/mol. The fourth-order valence-corrected chi connectivity index (χ4v) is 2.25. The van der Waals surface area contributed by atoms with Crippen LogP contribution in [0.25, 0.3) is 0 Å². The number of nitrogens with one attached hydrogen (secondary N) is 2. The van der Waals surface area contributed by atoms with Crippen LogP contribution in [0.5, 0.6) is 0 Å². The largest absolute Gasteiger partial charge is 0.326 e. The van der Waals surface area contributed by atoms with Crippen molar-refractivity contribution in [1.82, 2.24) is 0 Å². The van der Waals surface area contributed by atoms with Gasteiger partial charge in [0.15, 0.2) is 0 Å². The van der Waals surface area contributed by atoms with E-state index in [1.807, 2.05) is 30.3 Å². The van der Waals surface area contributed by atoms with Gasteiger partial charge in [-0.05, 0) is 36.6 Å². The summed E-state index contributed by atoms with van der Waals surface area (Å²) in [6.45, 7) is 1.80. The highest BCUT2D eigenvalue weighted by atomic mass is 16.2. The third kappa shape index (κ3) is 5.94. The zero-order valence-electron chi connectivity index (χ0n) is 13.3. The first-order chi connectivity index (χ1) is 11.2. The van der Waals surface area contributed by atoms with E-state index in [0.29, 0.717) is 24.2 Å². The van der Waals surface area contributed by atoms with Gasteiger partial charge < -0.3 is 10.6 Å². The normalized spacial score (nSPS) is 10.1. The Bertz CT molecular complexity index is 653. The van der Waals surface area contributed by atoms with Crippen LogP contribution < -0.4 is 10.6 Å². The highest BCUT2D eigenvalue weighted by molar-refractivity contribution is 5.93. The van der Waals surface area contributed by atoms with E-state index in [0.717, 1.165) is 12.8 Å². The lowest BCUT2D eigenvalue weighted by Gasteiger charge is -2.08. The number of hydrogen-bond acceptors (Lipinski definition) is 2. The Balaban J connectivity index is 1.80. The summed E-state index contributed by atoms with van der Waals surface area (Å²) in [5.41, 5.74) is 2.63. The standard InChI is InChI=1S/C19H22N2O2/c1-2-18(22)20-16-11-7-12-17(14-16)21-19(23)13-6-10-15-8-4-3-5-9-15/h3-5,7-9,11-12,14H,2,6,10,13H2,1H3,(H,20,22)(H,21,23). The Morgan fingerprint density at radius 1 is 0.870 bits per heavy atom. The molecular weight excluding hydrogens is 288 g/mol. The third-order valence-corrected chi connectivity index (χ3v) is 3.46. The number of anilines is 2. The van der Waals surface area contributed by atoms with E-state index in [1.165, 1.54) is 5.56 Å². The molecule has 0 aromatic heterocycles. The maximum Gasteiger partial charge on any atom is 0.224 e. The highest BCUT2D eigenvalue weighted by Gasteiger charge is 2.04. The topological polar surface area (TPSA) is 58.2 Å². The highest BCUT2D eigenvalue weighted by Crippen LogP contribution is 2.16. The summed E-state index contributed by atoms with van der Waals surface area (Å²) in [4.78, 5) is 23.4. The smallest absolute Gasteiger partial charge is 0.224 e. The Morgan fingerprint density at radius 3 is 2.17 bits per heavy atom. The lowest BCUT2D eigenvalue weighted by atomic mass is 10.1. The first-order valence-electron chi connectivity index (χ1n) is 7.91. The molecule has 0 atom stereocenters. The maximum atomic E-state index is 12.0. The van der Waals surface area contributed by atoms with Crippen LogP contribution in [0.3, 0.4) is 0 Å². The van der Waals surface area contributed by atoms with Gasteiger partial charge in [-0.1, -0.05) is 43.3 Å². The van der Waals surface area contributed by atoms with E-state index in [-0.39, 0.29) is 11.8 Å². The van der Waals surface area contributed by atoms with Gasteiger partial charge in [0.25, 0.3) is 0 Å². The van der Waals surface area contributed by atoms with Gasteiger partial charge in [0.05, 0.1) is 0 Å². The molecular formula is C19H22N2O2. The molecule has 2 amide bonds. The van der Waals surface area contributed by atoms with Crippen molar-refractivity contribution < 1.29 is 9.59 Å². The molecule has 0 aliphatic heterocycles. The zero-order valence-corrected chi connectivity index (χ0v) is 13.3. The summed E-state index contributed by atoms with van der Waals surface area (Å²) in [5, 5.41) is 5.65. The van der Waals surface area contributed by atoms with Crippen LogP contribution in [0.1, 0.15) is 31.7 Å². The van der Waals surface area contributed by atoms with Gasteiger partial charge in [-0.15, -0.1) is 0 Å². The van der Waals surface area contributed by atoms with Crippen LogP contribution in [-0.4, -0.2) is 11.8 Å². The van der Waals surface area contributed by atoms with Crippen molar-refractivity contribution in [2.24, 2.45) is 0 Å². The second-order valence-electron chi connectivity index (χ2n) is 5.37. The fraction of sp³-hybridized carbons (Fsp3) is 0.263. The minimum absolute atomic E-state index is 0.0140. The molecule has 0 bridgehead atoms. The zero-order chi connectivity index (χ0) is 16.5. The van der Waals surface area contributed by atoms with Crippen LogP contribution in [0.2, 0.25) is 0 Å². The molecule has 0 aliphatic rings. The predicted molar refractivity (Wildman–Crippen MR) is 93.4 cm³/mol. The quantitative estimate of drug-likeness (QED) is 0.812. The van der Waals surface area contributed by atoms with Crippen molar-refractivity contribution >= 4 is 23.2 Å². The molecule has 120 valence electrons. The van der Waals surface area contributed by atoms with E-state index in [2.05, 4.69) is 22.8 Å². The molecule has 0 unspecified atom stereocenters. The summed E-state index contributed by atoms with van der Waals surface area (Å²) in [7, 11) is 0. The Morgan fingerprint density at radius 2 is 1.52 bits per heavy atom. The number of rotatable bonds is 7. The van der Waals surface area contributed by atoms with Gasteiger partial charge in [-0.2, -0.15) is 0 Å². The molecule has 0 saturated carbocycles. The summed E-state index contributed by atoms with van der Waals surface area (Å²) in [6, 6.07) is 17.3. The van der Waals surface area contributed by atoms with Crippen molar-refractivity contribution in [1.29, 1.82) is 0 Å². The maximum absolute atomic E-state index is 12.0. The molecule has 0 heterocycles. The van der Waals surface area contributed by atoms with Crippen molar-refractivity contribution in [3.8, 4) is 0 Å². The summed E-state index contributed by atoms with van der Waals surface area (Å²) in [5.74, 6) is -0.0590. The van der Waals surface area contributed by atoms with Crippen LogP contribution in [0, 0.1) is 0 Å². The number of carbonyl (C=O) groups is 2. The molecule has 0 fully saturated rings. The first-order valence-corrected chi connectivity index (χ1v) is 7.91. The van der Waals surface area contributed by atoms with Crippen molar-refractivity contribution in [3.05, 3.63) is 60.2 Å². The average Bonchev–Trinajstić information content (AvgIpc) is 2.56. The van der Waals surface area contributed by atoms with Gasteiger partial charge in [0.2, 0.25) is 11.8 Å². The van der Waals surface area contributed by atoms with Gasteiger partial charge in [0, 0.05) is 24.2 Å². The lowest BCUT2D eigenvalue weighted by Crippen LogP contribution is -2.13. The van der Waals surface area contributed by atoms with E-state index in [4.69, 9.17) is 0 Å². The molecule has 0 radical (unpaired) electrons. The fourth-order valence-electron chi connectivity index (χ4n) is 2.25. The molecule has 0 spiro atoms. The van der Waals surface area contributed by atoms with Crippen molar-refractivity contribution in [2.45, 2.75) is 32.6 Å². The molecule has 23 heavy (non-hydrogen) atoms. The molecule has 0 saturated heterocycles. The minimum atomic E-state index is -0.0451. The van der Waals surface area contributed by atoms with E-state index in [1.54, 1.807) is 19.1 Å². The Hall–Kier alpha value is -2.62. The first kappa shape index (κ1) is 16.7. The van der Waals surface area contributed by atoms with Crippen LogP contribution >= 0.6 is 0 Å². The molecule has 2 aromatic rings.